The lowest BCUT2D eigenvalue weighted by Gasteiger charge is -2.15. The monoisotopic (exact) mass is 181 g/mol. The first kappa shape index (κ1) is 9.77. The smallest absolute Gasteiger partial charge is 0.159 e. The fourth-order valence-corrected chi connectivity index (χ4v) is 0.850. The van der Waals surface area contributed by atoms with Crippen molar-refractivity contribution in [1.82, 2.24) is 9.78 Å². The molecule has 0 aromatic carbocycles. The Balaban J connectivity index is 2.65. The van der Waals surface area contributed by atoms with E-state index in [1.807, 2.05) is 20.8 Å². The summed E-state index contributed by atoms with van der Waals surface area (Å²) in [6.07, 6.45) is 3.19. The SMILES string of the molecule is CC(C)(C)C(=O)Cn1cc(N)cn1. The first-order chi connectivity index (χ1) is 5.89. The Labute approximate surface area is 77.7 Å². The van der Waals surface area contributed by atoms with Crippen LogP contribution < -0.4 is 5.73 Å². The summed E-state index contributed by atoms with van der Waals surface area (Å²) in [6.45, 7) is 5.97. The van der Waals surface area contributed by atoms with E-state index in [1.165, 1.54) is 6.20 Å². The van der Waals surface area contributed by atoms with E-state index in [4.69, 9.17) is 5.73 Å². The molecule has 0 saturated carbocycles. The fraction of sp³-hybridized carbons (Fsp3) is 0.556. The van der Waals surface area contributed by atoms with E-state index >= 15 is 0 Å². The molecule has 0 aliphatic heterocycles. The van der Waals surface area contributed by atoms with Gasteiger partial charge in [-0.3, -0.25) is 9.48 Å². The number of nitrogens with zero attached hydrogens (tertiary/aromatic N) is 2. The average molecular weight is 181 g/mol. The number of anilines is 1. The van der Waals surface area contributed by atoms with Gasteiger partial charge in [-0.15, -0.1) is 0 Å². The molecule has 13 heavy (non-hydrogen) atoms. The van der Waals surface area contributed by atoms with Gasteiger partial charge in [-0.25, -0.2) is 0 Å². The molecule has 0 aliphatic rings. The van der Waals surface area contributed by atoms with E-state index < -0.39 is 0 Å². The Morgan fingerprint density at radius 3 is 2.62 bits per heavy atom. The summed E-state index contributed by atoms with van der Waals surface area (Å²) in [5, 5.41) is 3.94. The third-order valence-electron chi connectivity index (χ3n) is 1.80. The molecular weight excluding hydrogens is 166 g/mol. The van der Waals surface area contributed by atoms with Crippen LogP contribution in [-0.2, 0) is 11.3 Å². The molecule has 4 nitrogen and oxygen atoms in total. The number of Topliss-reactive ketones (excluding diaryl/α,β-unsaturated/α-hetero) is 1. The molecule has 0 spiro atoms. The summed E-state index contributed by atoms with van der Waals surface area (Å²) in [5.41, 5.74) is 5.73. The van der Waals surface area contributed by atoms with Crippen LogP contribution in [-0.4, -0.2) is 15.6 Å². The quantitative estimate of drug-likeness (QED) is 0.742. The topological polar surface area (TPSA) is 60.9 Å². The first-order valence-electron chi connectivity index (χ1n) is 4.21. The normalized spacial score (nSPS) is 11.6. The van der Waals surface area contributed by atoms with E-state index in [0.29, 0.717) is 12.2 Å². The second-order valence-electron chi connectivity index (χ2n) is 4.14. The molecule has 0 radical (unpaired) electrons. The number of rotatable bonds is 2. The number of ketones is 1. The highest BCUT2D eigenvalue weighted by Crippen LogP contribution is 2.15. The van der Waals surface area contributed by atoms with Crippen LogP contribution in [0.1, 0.15) is 20.8 Å². The minimum Gasteiger partial charge on any atom is -0.396 e. The van der Waals surface area contributed by atoms with Gasteiger partial charge in [0, 0.05) is 11.6 Å². The Morgan fingerprint density at radius 2 is 2.23 bits per heavy atom. The number of carbonyl (C=O) groups is 1. The Morgan fingerprint density at radius 1 is 1.62 bits per heavy atom. The number of nitrogen functional groups attached to an aromatic ring is 1. The predicted octanol–water partition coefficient (Wildman–Crippen LogP) is 1.08. The lowest BCUT2D eigenvalue weighted by Crippen LogP contribution is -2.25. The molecule has 2 N–H and O–H groups in total. The van der Waals surface area contributed by atoms with Gasteiger partial charge in [0.05, 0.1) is 11.9 Å². The summed E-state index contributed by atoms with van der Waals surface area (Å²) >= 11 is 0. The Hall–Kier alpha value is -1.32. The van der Waals surface area contributed by atoms with Crippen molar-refractivity contribution in [2.45, 2.75) is 27.3 Å². The number of aromatic nitrogens is 2. The van der Waals surface area contributed by atoms with Crippen molar-refractivity contribution in [3.05, 3.63) is 12.4 Å². The van der Waals surface area contributed by atoms with Crippen LogP contribution in [0.2, 0.25) is 0 Å². The zero-order chi connectivity index (χ0) is 10.1. The standard InChI is InChI=1S/C9H15N3O/c1-9(2,3)8(13)6-12-5-7(10)4-11-12/h4-5H,6,10H2,1-3H3. The van der Waals surface area contributed by atoms with Crippen molar-refractivity contribution in [3.63, 3.8) is 0 Å². The first-order valence-corrected chi connectivity index (χ1v) is 4.21. The van der Waals surface area contributed by atoms with Gasteiger partial charge >= 0.3 is 0 Å². The number of hydrogen-bond acceptors (Lipinski definition) is 3. The minimum absolute atomic E-state index is 0.149. The molecule has 0 bridgehead atoms. The third-order valence-corrected chi connectivity index (χ3v) is 1.80. The van der Waals surface area contributed by atoms with Crippen LogP contribution in [0.25, 0.3) is 0 Å². The van der Waals surface area contributed by atoms with Crippen LogP contribution in [0.4, 0.5) is 5.69 Å². The molecule has 0 atom stereocenters. The van der Waals surface area contributed by atoms with Gasteiger partial charge < -0.3 is 5.73 Å². The van der Waals surface area contributed by atoms with Gasteiger partial charge in [-0.05, 0) is 0 Å². The average Bonchev–Trinajstić information content (AvgIpc) is 2.33. The van der Waals surface area contributed by atoms with E-state index in [1.54, 1.807) is 10.9 Å². The number of nitrogens with two attached hydrogens (primary N) is 1. The summed E-state index contributed by atoms with van der Waals surface area (Å²) in [5.74, 6) is 0.149. The number of carbonyl (C=O) groups excluding carboxylic acids is 1. The van der Waals surface area contributed by atoms with Gasteiger partial charge in [-0.2, -0.15) is 5.10 Å². The van der Waals surface area contributed by atoms with Gasteiger partial charge in [0.1, 0.15) is 6.54 Å². The zero-order valence-electron chi connectivity index (χ0n) is 8.24. The van der Waals surface area contributed by atoms with Gasteiger partial charge in [0.25, 0.3) is 0 Å². The van der Waals surface area contributed by atoms with Gasteiger partial charge in [0.15, 0.2) is 5.78 Å². The second-order valence-corrected chi connectivity index (χ2v) is 4.14. The predicted molar refractivity (Wildman–Crippen MR) is 51.1 cm³/mol. The molecule has 1 aromatic rings. The van der Waals surface area contributed by atoms with Crippen molar-refractivity contribution >= 4 is 11.5 Å². The van der Waals surface area contributed by atoms with Crippen LogP contribution >= 0.6 is 0 Å². The molecule has 1 heterocycles. The van der Waals surface area contributed by atoms with Crippen molar-refractivity contribution in [3.8, 4) is 0 Å². The van der Waals surface area contributed by atoms with E-state index in [9.17, 15) is 4.79 Å². The molecule has 1 aromatic heterocycles. The Kier molecular flexibility index (Phi) is 2.40. The maximum Gasteiger partial charge on any atom is 0.159 e. The largest absolute Gasteiger partial charge is 0.396 e. The van der Waals surface area contributed by atoms with E-state index in [-0.39, 0.29) is 11.2 Å². The minimum atomic E-state index is -0.319. The molecule has 0 saturated heterocycles. The molecule has 0 unspecified atom stereocenters. The molecule has 0 aliphatic carbocycles. The highest BCUT2D eigenvalue weighted by atomic mass is 16.1. The van der Waals surface area contributed by atoms with Crippen molar-refractivity contribution in [2.75, 3.05) is 5.73 Å². The summed E-state index contributed by atoms with van der Waals surface area (Å²) < 4.78 is 1.56. The van der Waals surface area contributed by atoms with Crippen molar-refractivity contribution < 1.29 is 4.79 Å². The van der Waals surface area contributed by atoms with Crippen LogP contribution in [0.5, 0.6) is 0 Å². The van der Waals surface area contributed by atoms with Crippen LogP contribution in [0, 0.1) is 5.41 Å². The number of hydrogen-bond donors (Lipinski definition) is 1. The summed E-state index contributed by atoms with van der Waals surface area (Å²) in [6, 6.07) is 0. The maximum absolute atomic E-state index is 11.5. The van der Waals surface area contributed by atoms with Crippen LogP contribution in [0.15, 0.2) is 12.4 Å². The summed E-state index contributed by atoms with van der Waals surface area (Å²) in [7, 11) is 0. The molecule has 4 heteroatoms. The Bertz CT molecular complexity index is 309. The second kappa shape index (κ2) is 3.20. The van der Waals surface area contributed by atoms with Crippen molar-refractivity contribution in [2.24, 2.45) is 5.41 Å². The molecule has 1 rings (SSSR count). The molecule has 72 valence electrons. The van der Waals surface area contributed by atoms with E-state index in [0.717, 1.165) is 0 Å². The highest BCUT2D eigenvalue weighted by molar-refractivity contribution is 5.83. The molecule has 0 amide bonds. The molecular formula is C9H15N3O. The fourth-order valence-electron chi connectivity index (χ4n) is 0.850. The lowest BCUT2D eigenvalue weighted by molar-refractivity contribution is -0.127. The maximum atomic E-state index is 11.5. The third kappa shape index (κ3) is 2.57. The van der Waals surface area contributed by atoms with E-state index in [2.05, 4.69) is 5.10 Å². The van der Waals surface area contributed by atoms with Crippen molar-refractivity contribution in [1.29, 1.82) is 0 Å². The van der Waals surface area contributed by atoms with Gasteiger partial charge in [0.2, 0.25) is 0 Å². The summed E-state index contributed by atoms with van der Waals surface area (Å²) in [4.78, 5) is 11.5. The molecule has 0 fully saturated rings. The van der Waals surface area contributed by atoms with Gasteiger partial charge in [-0.1, -0.05) is 20.8 Å². The van der Waals surface area contributed by atoms with Crippen LogP contribution in [0.3, 0.4) is 0 Å². The highest BCUT2D eigenvalue weighted by Gasteiger charge is 2.21. The zero-order valence-corrected chi connectivity index (χ0v) is 8.24. The lowest BCUT2D eigenvalue weighted by atomic mass is 9.91.